The van der Waals surface area contributed by atoms with Crippen molar-refractivity contribution >= 4 is 29.8 Å². The molecular formula is C14H22OS2. The van der Waals surface area contributed by atoms with Gasteiger partial charge < -0.3 is 0 Å². The highest BCUT2D eigenvalue weighted by Gasteiger charge is 1.94. The van der Waals surface area contributed by atoms with E-state index in [-0.39, 0.29) is 0 Å². The van der Waals surface area contributed by atoms with E-state index in [4.69, 9.17) is 0 Å². The van der Waals surface area contributed by atoms with Crippen molar-refractivity contribution in [3.8, 4) is 0 Å². The maximum atomic E-state index is 10.8. The molecule has 0 aromatic heterocycles. The molecular weight excluding hydrogens is 248 g/mol. The number of rotatable bonds is 8. The first kappa shape index (κ1) is 16.6. The van der Waals surface area contributed by atoms with Crippen LogP contribution in [-0.4, -0.2) is 23.5 Å². The SMILES string of the molecule is CC(C)=CCSC/C=C(/C=O)SCC=C(C)C. The lowest BCUT2D eigenvalue weighted by Crippen LogP contribution is -1.84. The second-order valence-electron chi connectivity index (χ2n) is 4.14. The largest absolute Gasteiger partial charge is 0.297 e. The van der Waals surface area contributed by atoms with E-state index in [1.807, 2.05) is 17.8 Å². The molecule has 0 bridgehead atoms. The van der Waals surface area contributed by atoms with Crippen molar-refractivity contribution in [3.63, 3.8) is 0 Å². The molecule has 0 N–H and O–H groups in total. The fourth-order valence-corrected chi connectivity index (χ4v) is 2.75. The van der Waals surface area contributed by atoms with Crippen LogP contribution in [0.2, 0.25) is 0 Å². The molecule has 0 spiro atoms. The van der Waals surface area contributed by atoms with Gasteiger partial charge in [0, 0.05) is 22.2 Å². The highest BCUT2D eigenvalue weighted by atomic mass is 32.2. The number of thioether (sulfide) groups is 2. The van der Waals surface area contributed by atoms with Crippen LogP contribution in [0.5, 0.6) is 0 Å². The maximum Gasteiger partial charge on any atom is 0.156 e. The van der Waals surface area contributed by atoms with E-state index in [9.17, 15) is 4.79 Å². The quantitative estimate of drug-likeness (QED) is 0.280. The van der Waals surface area contributed by atoms with Gasteiger partial charge in [0.2, 0.25) is 0 Å². The number of hydrogen-bond acceptors (Lipinski definition) is 3. The van der Waals surface area contributed by atoms with Gasteiger partial charge in [-0.3, -0.25) is 4.79 Å². The van der Waals surface area contributed by atoms with Crippen LogP contribution in [0.4, 0.5) is 0 Å². The average Bonchev–Trinajstić information content (AvgIpc) is 2.25. The molecule has 0 aliphatic carbocycles. The number of carbonyl (C=O) groups excluding carboxylic acids is 1. The minimum absolute atomic E-state index is 0.840. The van der Waals surface area contributed by atoms with Crippen LogP contribution in [-0.2, 0) is 4.79 Å². The Labute approximate surface area is 114 Å². The summed E-state index contributed by atoms with van der Waals surface area (Å²) in [7, 11) is 0. The van der Waals surface area contributed by atoms with Gasteiger partial charge in [0.15, 0.2) is 6.29 Å². The summed E-state index contributed by atoms with van der Waals surface area (Å²) in [6.45, 7) is 8.34. The summed E-state index contributed by atoms with van der Waals surface area (Å²) < 4.78 is 0. The van der Waals surface area contributed by atoms with Gasteiger partial charge in [0.05, 0.1) is 0 Å². The normalized spacial score (nSPS) is 10.9. The molecule has 0 rings (SSSR count). The van der Waals surface area contributed by atoms with Gasteiger partial charge in [-0.05, 0) is 27.7 Å². The fraction of sp³-hybridized carbons (Fsp3) is 0.500. The lowest BCUT2D eigenvalue weighted by atomic mass is 10.3. The third-order valence-corrected chi connectivity index (χ3v) is 3.60. The van der Waals surface area contributed by atoms with Crippen LogP contribution < -0.4 is 0 Å². The molecule has 0 amide bonds. The standard InChI is InChI=1S/C14H22OS2/c1-12(2)5-8-16-9-7-14(11-15)17-10-6-13(3)4/h5-7,11H,8-10H2,1-4H3/b14-7-. The van der Waals surface area contributed by atoms with Gasteiger partial charge in [0.1, 0.15) is 0 Å². The minimum atomic E-state index is 0.840. The van der Waals surface area contributed by atoms with E-state index in [2.05, 4.69) is 39.8 Å². The molecule has 0 radical (unpaired) electrons. The van der Waals surface area contributed by atoms with Crippen LogP contribution in [0.15, 0.2) is 34.3 Å². The number of allylic oxidation sites excluding steroid dienone is 3. The van der Waals surface area contributed by atoms with Gasteiger partial charge in [-0.1, -0.05) is 29.4 Å². The zero-order valence-electron chi connectivity index (χ0n) is 11.2. The molecule has 0 aliphatic rings. The Morgan fingerprint density at radius 2 is 1.41 bits per heavy atom. The van der Waals surface area contributed by atoms with Gasteiger partial charge in [0.25, 0.3) is 0 Å². The summed E-state index contributed by atoms with van der Waals surface area (Å²) in [4.78, 5) is 11.7. The van der Waals surface area contributed by atoms with Crippen molar-refractivity contribution < 1.29 is 4.79 Å². The van der Waals surface area contributed by atoms with Crippen molar-refractivity contribution in [1.29, 1.82) is 0 Å². The van der Waals surface area contributed by atoms with Crippen LogP contribution >= 0.6 is 23.5 Å². The first-order chi connectivity index (χ1) is 8.06. The molecule has 0 aliphatic heterocycles. The zero-order valence-corrected chi connectivity index (χ0v) is 12.8. The fourth-order valence-electron chi connectivity index (χ4n) is 0.880. The lowest BCUT2D eigenvalue weighted by Gasteiger charge is -1.98. The Balaban J connectivity index is 3.89. The van der Waals surface area contributed by atoms with Crippen molar-refractivity contribution in [2.75, 3.05) is 17.3 Å². The molecule has 0 aromatic rings. The summed E-state index contributed by atoms with van der Waals surface area (Å²) in [5, 5.41) is 0. The number of hydrogen-bond donors (Lipinski definition) is 0. The van der Waals surface area contributed by atoms with E-state index < -0.39 is 0 Å². The second kappa shape index (κ2) is 10.7. The van der Waals surface area contributed by atoms with Gasteiger partial charge in [-0.2, -0.15) is 11.8 Å². The first-order valence-corrected chi connectivity index (χ1v) is 7.83. The minimum Gasteiger partial charge on any atom is -0.297 e. The summed E-state index contributed by atoms with van der Waals surface area (Å²) in [5.41, 5.74) is 2.63. The molecule has 0 saturated carbocycles. The van der Waals surface area contributed by atoms with Crippen molar-refractivity contribution in [2.45, 2.75) is 27.7 Å². The van der Waals surface area contributed by atoms with Gasteiger partial charge in [-0.25, -0.2) is 0 Å². The molecule has 0 saturated heterocycles. The summed E-state index contributed by atoms with van der Waals surface area (Å²) in [6.07, 6.45) is 7.30. The highest BCUT2D eigenvalue weighted by molar-refractivity contribution is 8.04. The zero-order chi connectivity index (χ0) is 13.1. The monoisotopic (exact) mass is 270 g/mol. The molecule has 0 unspecified atom stereocenters. The molecule has 0 atom stereocenters. The maximum absolute atomic E-state index is 10.8. The van der Waals surface area contributed by atoms with E-state index in [0.717, 1.165) is 28.4 Å². The Kier molecular flexibility index (Phi) is 10.5. The van der Waals surface area contributed by atoms with E-state index in [1.165, 1.54) is 11.1 Å². The Morgan fingerprint density at radius 3 is 1.94 bits per heavy atom. The summed E-state index contributed by atoms with van der Waals surface area (Å²) in [6, 6.07) is 0. The topological polar surface area (TPSA) is 17.1 Å². The number of aldehydes is 1. The van der Waals surface area contributed by atoms with E-state index in [0.29, 0.717) is 0 Å². The number of carbonyl (C=O) groups is 1. The van der Waals surface area contributed by atoms with Crippen molar-refractivity contribution in [2.24, 2.45) is 0 Å². The molecule has 0 aromatic carbocycles. The predicted octanol–water partition coefficient (Wildman–Crippen LogP) is 4.47. The molecule has 3 heteroatoms. The molecule has 1 nitrogen and oxygen atoms in total. The Morgan fingerprint density at radius 1 is 0.882 bits per heavy atom. The molecule has 96 valence electrons. The molecule has 0 heterocycles. The first-order valence-electron chi connectivity index (χ1n) is 5.69. The Hall–Kier alpha value is -0.410. The van der Waals surface area contributed by atoms with Gasteiger partial charge in [-0.15, -0.1) is 11.8 Å². The van der Waals surface area contributed by atoms with Crippen LogP contribution in [0, 0.1) is 0 Å². The van der Waals surface area contributed by atoms with Crippen LogP contribution in [0.3, 0.4) is 0 Å². The van der Waals surface area contributed by atoms with E-state index >= 15 is 0 Å². The van der Waals surface area contributed by atoms with E-state index in [1.54, 1.807) is 11.8 Å². The Bertz CT molecular complexity index is 306. The highest BCUT2D eigenvalue weighted by Crippen LogP contribution is 2.15. The summed E-state index contributed by atoms with van der Waals surface area (Å²) in [5.74, 6) is 2.80. The van der Waals surface area contributed by atoms with Crippen molar-refractivity contribution in [3.05, 3.63) is 34.3 Å². The van der Waals surface area contributed by atoms with Crippen LogP contribution in [0.25, 0.3) is 0 Å². The molecule has 17 heavy (non-hydrogen) atoms. The van der Waals surface area contributed by atoms with Crippen LogP contribution in [0.1, 0.15) is 27.7 Å². The smallest absolute Gasteiger partial charge is 0.156 e. The summed E-state index contributed by atoms with van der Waals surface area (Å²) >= 11 is 3.43. The average molecular weight is 270 g/mol. The third kappa shape index (κ3) is 11.8. The second-order valence-corrected chi connectivity index (χ2v) is 6.30. The van der Waals surface area contributed by atoms with Gasteiger partial charge >= 0.3 is 0 Å². The predicted molar refractivity (Wildman–Crippen MR) is 82.8 cm³/mol. The van der Waals surface area contributed by atoms with Crippen molar-refractivity contribution in [1.82, 2.24) is 0 Å². The lowest BCUT2D eigenvalue weighted by molar-refractivity contribution is -0.104. The molecule has 0 fully saturated rings. The third-order valence-electron chi connectivity index (χ3n) is 1.87.